The predicted octanol–water partition coefficient (Wildman–Crippen LogP) is 9.65. The largest absolute Gasteiger partial charge is 0.338 e. The molecule has 1 unspecified atom stereocenters. The Morgan fingerprint density at radius 3 is 1.88 bits per heavy atom. The Hall–Kier alpha value is -2.82. The van der Waals surface area contributed by atoms with Gasteiger partial charge in [-0.1, -0.05) is 186 Å². The normalized spacial score (nSPS) is 17.5. The van der Waals surface area contributed by atoms with Crippen molar-refractivity contribution in [2.75, 3.05) is 19.3 Å². The number of amides is 2. The van der Waals surface area contributed by atoms with Crippen LogP contribution in [0.5, 0.6) is 0 Å². The van der Waals surface area contributed by atoms with Gasteiger partial charge >= 0.3 is 6.03 Å². The van der Waals surface area contributed by atoms with Gasteiger partial charge in [0.15, 0.2) is 0 Å². The van der Waals surface area contributed by atoms with Gasteiger partial charge < -0.3 is 10.2 Å². The van der Waals surface area contributed by atoms with Crippen molar-refractivity contribution < 1.29 is 4.79 Å². The molecule has 5 rings (SSSR count). The van der Waals surface area contributed by atoms with E-state index in [2.05, 4.69) is 171 Å². The highest BCUT2D eigenvalue weighted by atomic mass is 31.1. The molecule has 3 atom stereocenters. The molecule has 1 aliphatic rings. The monoisotopic (exact) mass is 764 g/mol. The molecule has 0 saturated carbocycles. The summed E-state index contributed by atoms with van der Waals surface area (Å²) in [5, 5.41) is 9.54. The average molecular weight is 765 g/mol. The number of nitrogens with zero attached hydrogens (tertiary/aromatic N) is 1. The van der Waals surface area contributed by atoms with Crippen LogP contribution in [-0.4, -0.2) is 59.5 Å². The van der Waals surface area contributed by atoms with E-state index in [9.17, 15) is 4.79 Å². The van der Waals surface area contributed by atoms with E-state index in [4.69, 9.17) is 0 Å². The van der Waals surface area contributed by atoms with Gasteiger partial charge in [0.2, 0.25) is 0 Å². The summed E-state index contributed by atoms with van der Waals surface area (Å²) in [5.41, 5.74) is 0.399. The highest BCUT2D eigenvalue weighted by Crippen LogP contribution is 2.48. The second-order valence-electron chi connectivity index (χ2n) is 15.9. The van der Waals surface area contributed by atoms with Crippen molar-refractivity contribution in [1.82, 2.24) is 10.2 Å². The van der Waals surface area contributed by atoms with Gasteiger partial charge in [-0.2, -0.15) is 0 Å². The molecule has 1 fully saturated rings. The summed E-state index contributed by atoms with van der Waals surface area (Å²) in [6, 6.07) is 48.4. The first kappa shape index (κ1) is 40.4. The molecule has 0 spiro atoms. The van der Waals surface area contributed by atoms with Crippen molar-refractivity contribution in [3.63, 3.8) is 0 Å². The average Bonchev–Trinajstić information content (AvgIpc) is 3.58. The molecule has 3 nitrogen and oxygen atoms in total. The number of urea groups is 1. The van der Waals surface area contributed by atoms with Crippen LogP contribution in [0.4, 0.5) is 4.79 Å². The van der Waals surface area contributed by atoms with E-state index in [0.717, 1.165) is 32.1 Å². The maximum atomic E-state index is 14.3. The summed E-state index contributed by atoms with van der Waals surface area (Å²) in [7, 11) is -2.63. The second kappa shape index (κ2) is 20.0. The summed E-state index contributed by atoms with van der Waals surface area (Å²) < 4.78 is 0. The molecule has 7 heteroatoms. The lowest BCUT2D eigenvalue weighted by Crippen LogP contribution is -2.45. The van der Waals surface area contributed by atoms with Crippen molar-refractivity contribution in [3.8, 4) is 0 Å². The Bertz CT molecular complexity index is 1560. The molecular weight excluding hydrogens is 703 g/mol. The molecule has 0 aromatic heterocycles. The number of hydrogen-bond donors (Lipinski definition) is 1. The van der Waals surface area contributed by atoms with Crippen LogP contribution < -0.4 is 26.5 Å². The molecule has 1 N–H and O–H groups in total. The Labute approximate surface area is 321 Å². The zero-order valence-electron chi connectivity index (χ0n) is 32.2. The summed E-state index contributed by atoms with van der Waals surface area (Å²) in [6.07, 6.45) is 9.24. The highest BCUT2D eigenvalue weighted by Gasteiger charge is 2.41. The SMILES string of the molecule is C=CC[Si](C)(C)CCCC(C)(CC)[SiH2]CCCNC(=O)N1C[C@@H](P(c2ccccc2)c2ccccc2)C[C@H]1CP(c1ccccc1)c1ccccc1. The lowest BCUT2D eigenvalue weighted by atomic mass is 10.0. The van der Waals surface area contributed by atoms with Gasteiger partial charge in [-0.25, -0.2) is 4.79 Å². The number of carbonyl (C=O) groups is 1. The van der Waals surface area contributed by atoms with Gasteiger partial charge in [0.1, 0.15) is 0 Å². The molecule has 2 amide bonds. The van der Waals surface area contributed by atoms with Crippen molar-refractivity contribution in [2.24, 2.45) is 0 Å². The van der Waals surface area contributed by atoms with Gasteiger partial charge in [-0.05, 0) is 67.1 Å². The molecular formula is C45H62N2OP2Si2. The Morgan fingerprint density at radius 1 is 0.865 bits per heavy atom. The first-order chi connectivity index (χ1) is 25.2. The van der Waals surface area contributed by atoms with Crippen molar-refractivity contribution in [1.29, 1.82) is 0 Å². The van der Waals surface area contributed by atoms with E-state index >= 15 is 0 Å². The van der Waals surface area contributed by atoms with Crippen LogP contribution in [0, 0.1) is 0 Å². The number of nitrogens with one attached hydrogen (secondary N) is 1. The predicted molar refractivity (Wildman–Crippen MR) is 238 cm³/mol. The number of benzene rings is 4. The van der Waals surface area contributed by atoms with Crippen molar-refractivity contribution >= 4 is 60.7 Å². The molecule has 52 heavy (non-hydrogen) atoms. The molecule has 1 heterocycles. The molecule has 1 aliphatic heterocycles. The Kier molecular flexibility index (Phi) is 15.5. The number of rotatable bonds is 19. The zero-order valence-corrected chi connectivity index (χ0v) is 36.4. The fourth-order valence-electron chi connectivity index (χ4n) is 7.97. The number of allylic oxidation sites excluding steroid dienone is 1. The van der Waals surface area contributed by atoms with Crippen LogP contribution in [0.2, 0.25) is 36.3 Å². The van der Waals surface area contributed by atoms with E-state index in [1.165, 1.54) is 58.6 Å². The minimum atomic E-state index is -1.14. The Morgan fingerprint density at radius 2 is 1.38 bits per heavy atom. The Balaban J connectivity index is 1.30. The smallest absolute Gasteiger partial charge is 0.317 e. The maximum Gasteiger partial charge on any atom is 0.317 e. The van der Waals surface area contributed by atoms with Crippen LogP contribution >= 0.6 is 15.8 Å². The van der Waals surface area contributed by atoms with Gasteiger partial charge in [-0.3, -0.25) is 0 Å². The van der Waals surface area contributed by atoms with Crippen molar-refractivity contribution in [2.45, 2.75) is 93.9 Å². The van der Waals surface area contributed by atoms with Crippen molar-refractivity contribution in [3.05, 3.63) is 134 Å². The zero-order chi connectivity index (χ0) is 36.8. The molecule has 0 bridgehead atoms. The van der Waals surface area contributed by atoms with E-state index in [0.29, 0.717) is 10.7 Å². The quantitative estimate of drug-likeness (QED) is 0.0439. The summed E-state index contributed by atoms with van der Waals surface area (Å²) in [6.45, 7) is 15.5. The second-order valence-corrected chi connectivity index (χ2v) is 28.8. The first-order valence-electron chi connectivity index (χ1n) is 19.6. The van der Waals surface area contributed by atoms with E-state index in [1.807, 2.05) is 0 Å². The third-order valence-corrected chi connectivity index (χ3v) is 22.7. The van der Waals surface area contributed by atoms with Crippen LogP contribution in [0.1, 0.15) is 46.0 Å². The van der Waals surface area contributed by atoms with Gasteiger partial charge in [-0.15, -0.1) is 6.58 Å². The van der Waals surface area contributed by atoms with E-state index < -0.39 is 23.9 Å². The molecule has 0 aliphatic carbocycles. The first-order valence-corrected chi connectivity index (χ1v) is 27.7. The summed E-state index contributed by atoms with van der Waals surface area (Å²) in [5.74, 6) is 0. The maximum absolute atomic E-state index is 14.3. The fourth-order valence-corrected chi connectivity index (χ4v) is 17.8. The minimum Gasteiger partial charge on any atom is -0.338 e. The lowest BCUT2D eigenvalue weighted by Gasteiger charge is -2.30. The van der Waals surface area contributed by atoms with E-state index in [-0.39, 0.29) is 21.6 Å². The van der Waals surface area contributed by atoms with Crippen LogP contribution in [0.15, 0.2) is 134 Å². The molecule has 1 saturated heterocycles. The third-order valence-electron chi connectivity index (χ3n) is 11.3. The topological polar surface area (TPSA) is 32.3 Å². The molecule has 4 aromatic rings. The third kappa shape index (κ3) is 11.6. The number of likely N-dealkylation sites (tertiary alicyclic amines) is 1. The minimum absolute atomic E-state index is 0.133. The summed E-state index contributed by atoms with van der Waals surface area (Å²) in [4.78, 5) is 16.5. The fraction of sp³-hybridized carbons (Fsp3) is 0.400. The van der Waals surface area contributed by atoms with E-state index in [1.54, 1.807) is 0 Å². The molecule has 4 aromatic carbocycles. The van der Waals surface area contributed by atoms with Gasteiger partial charge in [0.25, 0.3) is 0 Å². The van der Waals surface area contributed by atoms with Gasteiger partial charge in [0, 0.05) is 34.3 Å². The number of hydrogen-bond acceptors (Lipinski definition) is 1. The van der Waals surface area contributed by atoms with Crippen LogP contribution in [-0.2, 0) is 0 Å². The standard InChI is InChI=1S/C45H62N2OP2Si2/c1-6-33-52(4,5)34-20-30-45(3,7-2)51-32-21-31-46-44(48)47-36-43(50(41-26-16-10-17-27-41)42-28-18-11-19-29-42)35-38(47)37-49(39-22-12-8-13-23-39)40-24-14-9-15-25-40/h6,8-19,22-29,38,43H,1,7,20-21,30-37,51H2,2-5H3,(H,46,48)/t38-,43-,45?/m0/s1. The summed E-state index contributed by atoms with van der Waals surface area (Å²) >= 11 is 0. The molecule has 276 valence electrons. The molecule has 0 radical (unpaired) electrons. The lowest BCUT2D eigenvalue weighted by molar-refractivity contribution is 0.197. The highest BCUT2D eigenvalue weighted by molar-refractivity contribution is 7.74. The van der Waals surface area contributed by atoms with Crippen LogP contribution in [0.25, 0.3) is 0 Å². The number of carbonyl (C=O) groups excluding carboxylic acids is 1. The van der Waals surface area contributed by atoms with Crippen LogP contribution in [0.3, 0.4) is 0 Å². The van der Waals surface area contributed by atoms with Gasteiger partial charge in [0.05, 0.1) is 8.07 Å².